The molecule has 2 aromatic carbocycles. The molecule has 2 N–H and O–H groups in total. The van der Waals surface area contributed by atoms with E-state index >= 15 is 0 Å². The first-order chi connectivity index (χ1) is 16.8. The van der Waals surface area contributed by atoms with Crippen LogP contribution in [0.1, 0.15) is 40.2 Å². The van der Waals surface area contributed by atoms with Crippen molar-refractivity contribution in [1.82, 2.24) is 4.98 Å². The Balaban J connectivity index is 1.71. The van der Waals surface area contributed by atoms with E-state index < -0.39 is 23.5 Å². The second kappa shape index (κ2) is 8.59. The van der Waals surface area contributed by atoms with Crippen LogP contribution in [-0.2, 0) is 4.79 Å². The highest BCUT2D eigenvalue weighted by Gasteiger charge is 2.46. The number of hydrogen-bond donors (Lipinski definition) is 2. The van der Waals surface area contributed by atoms with Crippen molar-refractivity contribution >= 4 is 38.4 Å². The number of aromatic hydroxyl groups is 1. The van der Waals surface area contributed by atoms with E-state index in [-0.39, 0.29) is 22.8 Å². The molecular formula is C26H22N2O6S. The number of rotatable bonds is 6. The Morgan fingerprint density at radius 2 is 2.00 bits per heavy atom. The number of aromatic nitrogens is 1. The number of phenolic OH excluding ortho intramolecular Hbond substituents is 1. The van der Waals surface area contributed by atoms with Gasteiger partial charge in [0.15, 0.2) is 28.1 Å². The number of ether oxygens (including phenoxy) is 1. The van der Waals surface area contributed by atoms with Crippen LogP contribution in [0.4, 0.5) is 5.13 Å². The Morgan fingerprint density at radius 1 is 1.20 bits per heavy atom. The average molecular weight is 491 g/mol. The topological polar surface area (TPSA) is 113 Å². The van der Waals surface area contributed by atoms with Crippen LogP contribution in [0.5, 0.6) is 11.5 Å². The predicted octanol–water partition coefficient (Wildman–Crippen LogP) is 5.39. The zero-order chi connectivity index (χ0) is 24.9. The van der Waals surface area contributed by atoms with Crippen molar-refractivity contribution in [3.8, 4) is 11.5 Å². The summed E-state index contributed by atoms with van der Waals surface area (Å²) in [7, 11) is 0. The zero-order valence-electron chi connectivity index (χ0n) is 19.2. The molecular weight excluding hydrogens is 468 g/mol. The molecule has 9 heteroatoms. The number of fused-ring (bicyclic) bond motifs is 1. The molecule has 0 bridgehead atoms. The summed E-state index contributed by atoms with van der Waals surface area (Å²) in [6.45, 7) is 6.01. The summed E-state index contributed by atoms with van der Waals surface area (Å²) in [6, 6.07) is 10.6. The molecule has 8 nitrogen and oxygen atoms in total. The van der Waals surface area contributed by atoms with Crippen molar-refractivity contribution in [2.75, 3.05) is 11.5 Å². The van der Waals surface area contributed by atoms with Crippen molar-refractivity contribution in [2.45, 2.75) is 26.8 Å². The molecule has 1 unspecified atom stereocenters. The van der Waals surface area contributed by atoms with Crippen LogP contribution in [0.2, 0.25) is 0 Å². The molecule has 35 heavy (non-hydrogen) atoms. The lowest BCUT2D eigenvalue weighted by molar-refractivity contribution is -0.117. The molecule has 0 spiro atoms. The normalized spacial score (nSPS) is 15.9. The quantitative estimate of drug-likeness (QED) is 0.348. The number of ketones is 1. The molecule has 1 amide bonds. The van der Waals surface area contributed by atoms with Crippen LogP contribution in [0.15, 0.2) is 64.5 Å². The van der Waals surface area contributed by atoms with Gasteiger partial charge in [-0.05, 0) is 67.8 Å². The third-order valence-corrected chi connectivity index (χ3v) is 6.82. The molecule has 4 aromatic rings. The fraction of sp³-hybridized carbons (Fsp3) is 0.192. The van der Waals surface area contributed by atoms with Gasteiger partial charge < -0.3 is 19.4 Å². The maximum atomic E-state index is 13.4. The Hall–Kier alpha value is -4.11. The van der Waals surface area contributed by atoms with E-state index in [1.807, 2.05) is 26.0 Å². The highest BCUT2D eigenvalue weighted by Crippen LogP contribution is 2.46. The first kappa shape index (κ1) is 22.7. The molecule has 178 valence electrons. The van der Waals surface area contributed by atoms with Gasteiger partial charge in [-0.3, -0.25) is 14.5 Å². The average Bonchev–Trinajstić information content (AvgIpc) is 3.54. The minimum Gasteiger partial charge on any atom is -0.504 e. The number of anilines is 1. The number of carbonyl (C=O) groups excluding carboxylic acids is 2. The van der Waals surface area contributed by atoms with E-state index in [0.717, 1.165) is 21.3 Å². The fourth-order valence-corrected chi connectivity index (χ4v) is 5.49. The third kappa shape index (κ3) is 3.74. The number of Topliss-reactive ketones (excluding diaryl/α,β-unsaturated/α-hetero) is 1. The first-order valence-corrected chi connectivity index (χ1v) is 11.8. The van der Waals surface area contributed by atoms with Gasteiger partial charge in [-0.25, -0.2) is 4.98 Å². The van der Waals surface area contributed by atoms with Crippen molar-refractivity contribution < 1.29 is 29.0 Å². The van der Waals surface area contributed by atoms with Gasteiger partial charge in [0.05, 0.1) is 34.7 Å². The zero-order valence-corrected chi connectivity index (χ0v) is 20.0. The van der Waals surface area contributed by atoms with Gasteiger partial charge in [-0.15, -0.1) is 0 Å². The lowest BCUT2D eigenvalue weighted by Crippen LogP contribution is -2.31. The van der Waals surface area contributed by atoms with Crippen LogP contribution in [0, 0.1) is 13.8 Å². The minimum absolute atomic E-state index is 0.00854. The van der Waals surface area contributed by atoms with Gasteiger partial charge in [-0.1, -0.05) is 23.5 Å². The molecule has 1 aliphatic rings. The molecule has 3 heterocycles. The number of carbonyl (C=O) groups is 2. The Morgan fingerprint density at radius 3 is 2.71 bits per heavy atom. The van der Waals surface area contributed by atoms with Gasteiger partial charge in [0, 0.05) is 0 Å². The molecule has 2 aromatic heterocycles. The maximum Gasteiger partial charge on any atom is 0.296 e. The molecule has 1 atom stereocenters. The number of benzene rings is 2. The van der Waals surface area contributed by atoms with Crippen LogP contribution < -0.4 is 9.64 Å². The summed E-state index contributed by atoms with van der Waals surface area (Å²) in [5.74, 6) is -1.92. The number of aliphatic hydroxyl groups is 1. The molecule has 0 saturated carbocycles. The fourth-order valence-electron chi connectivity index (χ4n) is 4.32. The summed E-state index contributed by atoms with van der Waals surface area (Å²) >= 11 is 1.30. The van der Waals surface area contributed by atoms with E-state index in [1.165, 1.54) is 34.6 Å². The second-order valence-corrected chi connectivity index (χ2v) is 9.24. The number of nitrogens with zero attached hydrogens (tertiary/aromatic N) is 2. The summed E-state index contributed by atoms with van der Waals surface area (Å²) in [5, 5.41) is 21.5. The van der Waals surface area contributed by atoms with Gasteiger partial charge in [0.25, 0.3) is 5.91 Å². The molecule has 0 radical (unpaired) electrons. The van der Waals surface area contributed by atoms with Gasteiger partial charge in [0.1, 0.15) is 0 Å². The van der Waals surface area contributed by atoms with Crippen LogP contribution in [-0.4, -0.2) is 33.5 Å². The van der Waals surface area contributed by atoms with Gasteiger partial charge >= 0.3 is 0 Å². The van der Waals surface area contributed by atoms with Gasteiger partial charge in [-0.2, -0.15) is 0 Å². The Bertz CT molecular complexity index is 1500. The largest absolute Gasteiger partial charge is 0.504 e. The number of aryl methyl sites for hydroxylation is 2. The van der Waals surface area contributed by atoms with E-state index in [2.05, 4.69) is 0 Å². The van der Waals surface area contributed by atoms with Crippen LogP contribution in [0.25, 0.3) is 10.2 Å². The lowest BCUT2D eigenvalue weighted by atomic mass is 9.95. The Kier molecular flexibility index (Phi) is 5.56. The SMILES string of the molecule is CCOc1cc(C2C(C(=O)c3ccco3)=C(O)C(=O)N2c2nc3c(C)cc(C)cc3s2)ccc1O. The second-order valence-electron chi connectivity index (χ2n) is 8.23. The summed E-state index contributed by atoms with van der Waals surface area (Å²) in [5.41, 5.74) is 3.09. The van der Waals surface area contributed by atoms with Crippen molar-refractivity contribution in [1.29, 1.82) is 0 Å². The van der Waals surface area contributed by atoms with E-state index in [1.54, 1.807) is 25.1 Å². The molecule has 0 fully saturated rings. The monoisotopic (exact) mass is 490 g/mol. The Labute approximate surface area is 204 Å². The number of phenols is 1. The predicted molar refractivity (Wildman–Crippen MR) is 131 cm³/mol. The highest BCUT2D eigenvalue weighted by atomic mass is 32.1. The van der Waals surface area contributed by atoms with Crippen LogP contribution >= 0.6 is 11.3 Å². The summed E-state index contributed by atoms with van der Waals surface area (Å²) in [6.07, 6.45) is 1.35. The van der Waals surface area contributed by atoms with E-state index in [0.29, 0.717) is 17.3 Å². The number of thiazole rings is 1. The molecule has 0 aliphatic carbocycles. The molecule has 5 rings (SSSR count). The minimum atomic E-state index is -1.01. The lowest BCUT2D eigenvalue weighted by Gasteiger charge is -2.24. The summed E-state index contributed by atoms with van der Waals surface area (Å²) in [4.78, 5) is 32.8. The van der Waals surface area contributed by atoms with Crippen molar-refractivity contribution in [2.24, 2.45) is 0 Å². The standard InChI is InChI=1S/C26H22N2O6S/c1-4-33-18-12-15(7-8-16(18)29)22-20(23(30)17-6-5-9-34-17)24(31)25(32)28(22)26-27-21-14(3)10-13(2)11-19(21)35-26/h5-12,22,29,31H,4H2,1-3H3. The number of furan rings is 1. The van der Waals surface area contributed by atoms with Crippen LogP contribution in [0.3, 0.4) is 0 Å². The molecule has 0 saturated heterocycles. The van der Waals surface area contributed by atoms with E-state index in [9.17, 15) is 19.8 Å². The third-order valence-electron chi connectivity index (χ3n) is 5.82. The number of hydrogen-bond acceptors (Lipinski definition) is 8. The molecule has 1 aliphatic heterocycles. The smallest absolute Gasteiger partial charge is 0.296 e. The van der Waals surface area contributed by atoms with Crippen molar-refractivity contribution in [3.63, 3.8) is 0 Å². The number of amides is 1. The van der Waals surface area contributed by atoms with E-state index in [4.69, 9.17) is 14.1 Å². The number of aliphatic hydroxyl groups excluding tert-OH is 1. The van der Waals surface area contributed by atoms with Crippen molar-refractivity contribution in [3.05, 3.63) is 82.5 Å². The summed E-state index contributed by atoms with van der Waals surface area (Å²) < 4.78 is 11.7. The maximum absolute atomic E-state index is 13.4. The first-order valence-electron chi connectivity index (χ1n) is 11.0. The highest BCUT2D eigenvalue weighted by molar-refractivity contribution is 7.22. The van der Waals surface area contributed by atoms with Gasteiger partial charge in [0.2, 0.25) is 5.78 Å².